The number of nitrogens with zero attached hydrogens (tertiary/aromatic N) is 1. The predicted molar refractivity (Wildman–Crippen MR) is 84.9 cm³/mol. The molecule has 0 bridgehead atoms. The van der Waals surface area contributed by atoms with Crippen molar-refractivity contribution in [1.29, 1.82) is 0 Å². The summed E-state index contributed by atoms with van der Waals surface area (Å²) in [7, 11) is 0. The molecule has 1 saturated heterocycles. The van der Waals surface area contributed by atoms with Gasteiger partial charge in [-0.15, -0.1) is 0 Å². The summed E-state index contributed by atoms with van der Waals surface area (Å²) >= 11 is 0. The molecule has 2 fully saturated rings. The van der Waals surface area contributed by atoms with Crippen LogP contribution in [0.25, 0.3) is 0 Å². The molecule has 1 saturated carbocycles. The summed E-state index contributed by atoms with van der Waals surface area (Å²) in [4.78, 5) is 14.9. The second-order valence-electron chi connectivity index (χ2n) is 6.87. The molecule has 1 N–H and O–H groups in total. The van der Waals surface area contributed by atoms with Gasteiger partial charge >= 0.3 is 0 Å². The maximum absolute atomic E-state index is 12.7. The van der Waals surface area contributed by atoms with Gasteiger partial charge in [0.1, 0.15) is 6.17 Å². The number of benzene rings is 1. The van der Waals surface area contributed by atoms with E-state index in [1.165, 1.54) is 16.7 Å². The Bertz CT molecular complexity index is 548. The average molecular weight is 286 g/mol. The first-order valence-electron chi connectivity index (χ1n) is 8.16. The van der Waals surface area contributed by atoms with Gasteiger partial charge in [0.05, 0.1) is 6.04 Å². The zero-order valence-electron chi connectivity index (χ0n) is 13.5. The molecule has 2 aliphatic rings. The van der Waals surface area contributed by atoms with Crippen LogP contribution < -0.4 is 5.32 Å². The zero-order valence-corrected chi connectivity index (χ0v) is 13.5. The maximum Gasteiger partial charge on any atom is 0.241 e. The SMILES string of the molecule is CCC1NC(c2cc(C)ccc2C)N(C2CC(C)C2)C1=O. The lowest BCUT2D eigenvalue weighted by Gasteiger charge is -2.42. The van der Waals surface area contributed by atoms with Crippen LogP contribution in [0.1, 0.15) is 56.0 Å². The number of carbonyl (C=O) groups is 1. The molecule has 2 unspecified atom stereocenters. The van der Waals surface area contributed by atoms with Gasteiger partial charge in [-0.1, -0.05) is 37.6 Å². The largest absolute Gasteiger partial charge is 0.319 e. The molecule has 1 amide bonds. The number of carbonyl (C=O) groups excluding carboxylic acids is 1. The molecule has 0 spiro atoms. The van der Waals surface area contributed by atoms with Crippen LogP contribution in [0.4, 0.5) is 0 Å². The highest BCUT2D eigenvalue weighted by molar-refractivity contribution is 5.85. The Morgan fingerprint density at radius 3 is 2.62 bits per heavy atom. The van der Waals surface area contributed by atoms with Crippen molar-refractivity contribution in [2.24, 2.45) is 5.92 Å². The molecule has 1 aromatic carbocycles. The lowest BCUT2D eigenvalue weighted by Crippen LogP contribution is -2.47. The second-order valence-corrected chi connectivity index (χ2v) is 6.87. The van der Waals surface area contributed by atoms with Gasteiger partial charge in [-0.2, -0.15) is 0 Å². The van der Waals surface area contributed by atoms with Crippen molar-refractivity contribution < 1.29 is 4.79 Å². The lowest BCUT2D eigenvalue weighted by molar-refractivity contribution is -0.135. The Kier molecular flexibility index (Phi) is 3.78. The molecular weight excluding hydrogens is 260 g/mol. The van der Waals surface area contributed by atoms with Crippen molar-refractivity contribution in [3.63, 3.8) is 0 Å². The summed E-state index contributed by atoms with van der Waals surface area (Å²) in [5.41, 5.74) is 3.78. The van der Waals surface area contributed by atoms with Crippen LogP contribution in [0.15, 0.2) is 18.2 Å². The molecule has 3 heteroatoms. The first-order chi connectivity index (χ1) is 10.0. The van der Waals surface area contributed by atoms with E-state index in [2.05, 4.69) is 56.1 Å². The number of rotatable bonds is 3. The lowest BCUT2D eigenvalue weighted by atomic mass is 9.80. The topological polar surface area (TPSA) is 32.3 Å². The Balaban J connectivity index is 1.94. The van der Waals surface area contributed by atoms with Crippen molar-refractivity contribution in [1.82, 2.24) is 10.2 Å². The summed E-state index contributed by atoms with van der Waals surface area (Å²) in [5.74, 6) is 1.04. The van der Waals surface area contributed by atoms with E-state index in [1.807, 2.05) is 0 Å². The third-order valence-electron chi connectivity index (χ3n) is 5.07. The summed E-state index contributed by atoms with van der Waals surface area (Å²) in [5, 5.41) is 3.57. The van der Waals surface area contributed by atoms with Crippen LogP contribution in [0, 0.1) is 19.8 Å². The Morgan fingerprint density at radius 2 is 2.00 bits per heavy atom. The number of hydrogen-bond donors (Lipinski definition) is 1. The molecule has 1 heterocycles. The standard InChI is InChI=1S/C18H26N2O/c1-5-16-18(21)20(14-8-12(3)9-14)17(19-16)15-10-11(2)6-7-13(15)4/h6-7,10,12,14,16-17,19H,5,8-9H2,1-4H3. The molecule has 1 aliphatic carbocycles. The van der Waals surface area contributed by atoms with Gasteiger partial charge < -0.3 is 4.90 Å². The maximum atomic E-state index is 12.7. The zero-order chi connectivity index (χ0) is 15.1. The molecule has 3 nitrogen and oxygen atoms in total. The van der Waals surface area contributed by atoms with E-state index in [4.69, 9.17) is 0 Å². The van der Waals surface area contributed by atoms with E-state index < -0.39 is 0 Å². The minimum absolute atomic E-state index is 0.0224. The highest BCUT2D eigenvalue weighted by atomic mass is 16.2. The van der Waals surface area contributed by atoms with Gasteiger partial charge in [-0.3, -0.25) is 10.1 Å². The number of hydrogen-bond acceptors (Lipinski definition) is 2. The van der Waals surface area contributed by atoms with Crippen molar-refractivity contribution >= 4 is 5.91 Å². The van der Waals surface area contributed by atoms with Crippen LogP contribution >= 0.6 is 0 Å². The minimum atomic E-state index is -0.0224. The first-order valence-corrected chi connectivity index (χ1v) is 8.16. The smallest absolute Gasteiger partial charge is 0.241 e. The van der Waals surface area contributed by atoms with Gasteiger partial charge in [-0.05, 0) is 50.2 Å². The summed E-state index contributed by atoms with van der Waals surface area (Å²) < 4.78 is 0. The van der Waals surface area contributed by atoms with Gasteiger partial charge in [0.15, 0.2) is 0 Å². The number of amides is 1. The molecule has 1 aromatic rings. The van der Waals surface area contributed by atoms with E-state index in [-0.39, 0.29) is 12.2 Å². The van der Waals surface area contributed by atoms with E-state index in [9.17, 15) is 4.79 Å². The fraction of sp³-hybridized carbons (Fsp3) is 0.611. The molecule has 0 aromatic heterocycles. The van der Waals surface area contributed by atoms with Crippen molar-refractivity contribution in [3.05, 3.63) is 34.9 Å². The number of aryl methyl sites for hydroxylation is 2. The molecule has 0 radical (unpaired) electrons. The Morgan fingerprint density at radius 1 is 1.29 bits per heavy atom. The number of nitrogens with one attached hydrogen (secondary N) is 1. The summed E-state index contributed by atoms with van der Waals surface area (Å²) in [6.07, 6.45) is 3.20. The normalized spacial score (nSPS) is 32.4. The van der Waals surface area contributed by atoms with E-state index in [0.717, 1.165) is 25.2 Å². The predicted octanol–water partition coefficient (Wildman–Crippen LogP) is 3.31. The Hall–Kier alpha value is -1.35. The van der Waals surface area contributed by atoms with E-state index in [0.29, 0.717) is 11.9 Å². The highest BCUT2D eigenvalue weighted by Gasteiger charge is 2.45. The molecule has 1 aliphatic heterocycles. The monoisotopic (exact) mass is 286 g/mol. The molecule has 21 heavy (non-hydrogen) atoms. The quantitative estimate of drug-likeness (QED) is 0.924. The molecule has 3 rings (SSSR count). The summed E-state index contributed by atoms with van der Waals surface area (Å²) in [6, 6.07) is 6.93. The van der Waals surface area contributed by atoms with Crippen molar-refractivity contribution in [3.8, 4) is 0 Å². The van der Waals surface area contributed by atoms with E-state index >= 15 is 0 Å². The summed E-state index contributed by atoms with van der Waals surface area (Å²) in [6.45, 7) is 8.62. The average Bonchev–Trinajstić information content (AvgIpc) is 2.74. The second kappa shape index (κ2) is 5.45. The van der Waals surface area contributed by atoms with Gasteiger partial charge in [0.2, 0.25) is 5.91 Å². The van der Waals surface area contributed by atoms with Crippen molar-refractivity contribution in [2.75, 3.05) is 0 Å². The third-order valence-corrected chi connectivity index (χ3v) is 5.07. The van der Waals surface area contributed by atoms with Gasteiger partial charge in [0, 0.05) is 6.04 Å². The Labute approximate surface area is 127 Å². The highest BCUT2D eigenvalue weighted by Crippen LogP contribution is 2.39. The van der Waals surface area contributed by atoms with Crippen molar-refractivity contribution in [2.45, 2.75) is 65.2 Å². The van der Waals surface area contributed by atoms with E-state index in [1.54, 1.807) is 0 Å². The van der Waals surface area contributed by atoms with Crippen LogP contribution in [0.5, 0.6) is 0 Å². The minimum Gasteiger partial charge on any atom is -0.319 e. The van der Waals surface area contributed by atoms with Gasteiger partial charge in [0.25, 0.3) is 0 Å². The molecule has 2 atom stereocenters. The van der Waals surface area contributed by atoms with Gasteiger partial charge in [-0.25, -0.2) is 0 Å². The molecule has 114 valence electrons. The van der Waals surface area contributed by atoms with Crippen LogP contribution in [-0.4, -0.2) is 22.9 Å². The fourth-order valence-electron chi connectivity index (χ4n) is 3.71. The van der Waals surface area contributed by atoms with Crippen LogP contribution in [0.2, 0.25) is 0 Å². The van der Waals surface area contributed by atoms with Crippen LogP contribution in [0.3, 0.4) is 0 Å². The van der Waals surface area contributed by atoms with Crippen LogP contribution in [-0.2, 0) is 4.79 Å². The molecular formula is C18H26N2O. The fourth-order valence-corrected chi connectivity index (χ4v) is 3.71. The third kappa shape index (κ3) is 2.48. The first kappa shape index (κ1) is 14.6.